The van der Waals surface area contributed by atoms with Crippen molar-refractivity contribution in [2.45, 2.75) is 20.3 Å². The zero-order valence-corrected chi connectivity index (χ0v) is 17.2. The molecule has 0 saturated carbocycles. The van der Waals surface area contributed by atoms with Crippen LogP contribution < -0.4 is 16.2 Å². The Balaban J connectivity index is 1.66. The third kappa shape index (κ3) is 3.99. The van der Waals surface area contributed by atoms with Gasteiger partial charge in [0.15, 0.2) is 0 Å². The molecule has 28 heavy (non-hydrogen) atoms. The average Bonchev–Trinajstić information content (AvgIpc) is 2.98. The van der Waals surface area contributed by atoms with Crippen molar-refractivity contribution in [2.75, 3.05) is 11.9 Å². The topological polar surface area (TPSA) is 106 Å². The number of rotatable bonds is 5. The second-order valence-corrected chi connectivity index (χ2v) is 7.30. The van der Waals surface area contributed by atoms with Crippen LogP contribution in [0.25, 0.3) is 11.1 Å². The van der Waals surface area contributed by atoms with Gasteiger partial charge in [-0.25, -0.2) is 4.98 Å². The van der Waals surface area contributed by atoms with Crippen LogP contribution in [0.15, 0.2) is 38.2 Å². The van der Waals surface area contributed by atoms with Crippen molar-refractivity contribution in [3.05, 3.63) is 56.2 Å². The van der Waals surface area contributed by atoms with Crippen LogP contribution in [0.5, 0.6) is 0 Å². The number of carbonyl (C=O) groups excluding carboxylic acids is 2. The van der Waals surface area contributed by atoms with Crippen molar-refractivity contribution in [2.24, 2.45) is 7.05 Å². The average molecular weight is 447 g/mol. The first-order valence-electron chi connectivity index (χ1n) is 8.57. The van der Waals surface area contributed by atoms with Gasteiger partial charge in [-0.1, -0.05) is 22.0 Å². The predicted molar refractivity (Wildman–Crippen MR) is 108 cm³/mol. The smallest absolute Gasteiger partial charge is 0.265 e. The lowest BCUT2D eigenvalue weighted by molar-refractivity contribution is -0.116. The molecule has 2 aromatic heterocycles. The lowest BCUT2D eigenvalue weighted by Crippen LogP contribution is -2.29. The van der Waals surface area contributed by atoms with Crippen molar-refractivity contribution >= 4 is 44.5 Å². The summed E-state index contributed by atoms with van der Waals surface area (Å²) in [6, 6.07) is 5.60. The van der Waals surface area contributed by atoms with E-state index >= 15 is 0 Å². The number of hydrogen-bond donors (Lipinski definition) is 2. The normalized spacial score (nSPS) is 10.9. The quantitative estimate of drug-likeness (QED) is 0.626. The number of nitrogens with zero attached hydrogens (tertiary/aromatic N) is 2. The van der Waals surface area contributed by atoms with Crippen molar-refractivity contribution in [1.29, 1.82) is 0 Å². The molecule has 2 heterocycles. The number of aromatic nitrogens is 2. The SMILES string of the molecule is Cc1ccc(Br)cc1NC(=O)CCNC(=O)c1c(C)oc2ncn(C)c(=O)c12. The van der Waals surface area contributed by atoms with E-state index in [1.54, 1.807) is 14.0 Å². The summed E-state index contributed by atoms with van der Waals surface area (Å²) < 4.78 is 7.56. The summed E-state index contributed by atoms with van der Waals surface area (Å²) in [5, 5.41) is 5.61. The summed E-state index contributed by atoms with van der Waals surface area (Å²) in [6.45, 7) is 3.61. The first kappa shape index (κ1) is 19.8. The van der Waals surface area contributed by atoms with Crippen LogP contribution in [0.4, 0.5) is 5.69 Å². The molecule has 0 aliphatic heterocycles. The van der Waals surface area contributed by atoms with Crippen LogP contribution >= 0.6 is 15.9 Å². The number of halogens is 1. The third-order valence-electron chi connectivity index (χ3n) is 4.29. The van der Waals surface area contributed by atoms with E-state index in [9.17, 15) is 14.4 Å². The van der Waals surface area contributed by atoms with Gasteiger partial charge in [0.1, 0.15) is 17.5 Å². The van der Waals surface area contributed by atoms with Crippen LogP contribution in [0.3, 0.4) is 0 Å². The van der Waals surface area contributed by atoms with Crippen LogP contribution in [-0.2, 0) is 11.8 Å². The summed E-state index contributed by atoms with van der Waals surface area (Å²) in [5.74, 6) is -0.404. The molecule has 0 saturated heterocycles. The molecule has 0 unspecified atom stereocenters. The molecule has 0 bridgehead atoms. The van der Waals surface area contributed by atoms with Crippen LogP contribution in [0.2, 0.25) is 0 Å². The molecule has 0 spiro atoms. The van der Waals surface area contributed by atoms with Gasteiger partial charge < -0.3 is 19.6 Å². The highest BCUT2D eigenvalue weighted by molar-refractivity contribution is 9.10. The molecule has 1 aromatic carbocycles. The molecule has 0 aliphatic carbocycles. The molecular formula is C19H19BrN4O4. The molecular weight excluding hydrogens is 428 g/mol. The number of nitrogens with one attached hydrogen (secondary N) is 2. The van der Waals surface area contributed by atoms with E-state index in [2.05, 4.69) is 31.5 Å². The monoisotopic (exact) mass is 446 g/mol. The standard InChI is InChI=1S/C19H19BrN4O4/c1-10-4-5-12(20)8-13(10)23-14(25)6-7-21-17(26)15-11(2)28-18-16(15)19(27)24(3)9-22-18/h4-5,8-9H,6-7H2,1-3H3,(H,21,26)(H,23,25). The number of aryl methyl sites for hydroxylation is 3. The van der Waals surface area contributed by atoms with Gasteiger partial charge in [-0.3, -0.25) is 14.4 Å². The fourth-order valence-corrected chi connectivity index (χ4v) is 3.14. The predicted octanol–water partition coefficient (Wildman–Crippen LogP) is 2.66. The molecule has 2 amide bonds. The first-order chi connectivity index (χ1) is 13.3. The molecule has 0 atom stereocenters. The Morgan fingerprint density at radius 3 is 2.79 bits per heavy atom. The number of amides is 2. The van der Waals surface area contributed by atoms with E-state index in [4.69, 9.17) is 4.42 Å². The van der Waals surface area contributed by atoms with Crippen LogP contribution in [0.1, 0.15) is 28.1 Å². The maximum atomic E-state index is 12.6. The largest absolute Gasteiger partial charge is 0.442 e. The Hall–Kier alpha value is -2.94. The van der Waals surface area contributed by atoms with Gasteiger partial charge in [0.2, 0.25) is 11.6 Å². The fourth-order valence-electron chi connectivity index (χ4n) is 2.78. The zero-order chi connectivity index (χ0) is 20.4. The maximum absolute atomic E-state index is 12.6. The number of hydrogen-bond acceptors (Lipinski definition) is 5. The molecule has 3 rings (SSSR count). The van der Waals surface area contributed by atoms with Gasteiger partial charge in [-0.15, -0.1) is 0 Å². The number of furan rings is 1. The van der Waals surface area contributed by atoms with E-state index < -0.39 is 5.91 Å². The Kier molecular flexibility index (Phi) is 5.64. The van der Waals surface area contributed by atoms with Gasteiger partial charge >= 0.3 is 0 Å². The molecule has 0 radical (unpaired) electrons. The highest BCUT2D eigenvalue weighted by Crippen LogP contribution is 2.21. The van der Waals surface area contributed by atoms with Gasteiger partial charge in [0, 0.05) is 30.2 Å². The fraction of sp³-hybridized carbons (Fsp3) is 0.263. The van der Waals surface area contributed by atoms with E-state index in [1.165, 1.54) is 10.9 Å². The van der Waals surface area contributed by atoms with E-state index in [-0.39, 0.29) is 41.1 Å². The molecule has 0 aliphatic rings. The minimum atomic E-state index is -0.479. The minimum absolute atomic E-state index is 0.0861. The summed E-state index contributed by atoms with van der Waals surface area (Å²) >= 11 is 3.37. The Bertz CT molecular complexity index is 1130. The van der Waals surface area contributed by atoms with Gasteiger partial charge in [-0.05, 0) is 31.5 Å². The molecule has 0 fully saturated rings. The molecule has 8 nitrogen and oxygen atoms in total. The Morgan fingerprint density at radius 2 is 2.04 bits per heavy atom. The zero-order valence-electron chi connectivity index (χ0n) is 15.6. The molecule has 9 heteroatoms. The summed E-state index contributed by atoms with van der Waals surface area (Å²) in [4.78, 5) is 41.1. The highest BCUT2D eigenvalue weighted by atomic mass is 79.9. The lowest BCUT2D eigenvalue weighted by Gasteiger charge is -2.09. The number of carbonyl (C=O) groups is 2. The number of anilines is 1. The molecule has 146 valence electrons. The Labute approximate surface area is 169 Å². The van der Waals surface area contributed by atoms with Crippen molar-refractivity contribution in [1.82, 2.24) is 14.9 Å². The summed E-state index contributed by atoms with van der Waals surface area (Å²) in [5.41, 5.74) is 1.54. The minimum Gasteiger partial charge on any atom is -0.442 e. The highest BCUT2D eigenvalue weighted by Gasteiger charge is 2.22. The third-order valence-corrected chi connectivity index (χ3v) is 4.78. The molecule has 3 aromatic rings. The first-order valence-corrected chi connectivity index (χ1v) is 9.36. The Morgan fingerprint density at radius 1 is 1.29 bits per heavy atom. The lowest BCUT2D eigenvalue weighted by atomic mass is 10.1. The second-order valence-electron chi connectivity index (χ2n) is 6.39. The van der Waals surface area contributed by atoms with Gasteiger partial charge in [0.05, 0.1) is 5.56 Å². The van der Waals surface area contributed by atoms with E-state index in [0.29, 0.717) is 11.4 Å². The van der Waals surface area contributed by atoms with Gasteiger partial charge in [0.25, 0.3) is 11.5 Å². The maximum Gasteiger partial charge on any atom is 0.265 e. The molecule has 2 N–H and O–H groups in total. The van der Waals surface area contributed by atoms with Crippen LogP contribution in [0, 0.1) is 13.8 Å². The number of benzene rings is 1. The van der Waals surface area contributed by atoms with Gasteiger partial charge in [-0.2, -0.15) is 0 Å². The van der Waals surface area contributed by atoms with E-state index in [0.717, 1.165) is 10.0 Å². The second kappa shape index (κ2) is 7.97. The van der Waals surface area contributed by atoms with Crippen molar-refractivity contribution in [3.8, 4) is 0 Å². The number of fused-ring (bicyclic) bond motifs is 1. The van der Waals surface area contributed by atoms with Crippen LogP contribution in [-0.4, -0.2) is 27.9 Å². The van der Waals surface area contributed by atoms with E-state index in [1.807, 2.05) is 25.1 Å². The van der Waals surface area contributed by atoms with Crippen molar-refractivity contribution < 1.29 is 14.0 Å². The van der Waals surface area contributed by atoms with Crippen molar-refractivity contribution in [3.63, 3.8) is 0 Å². The summed E-state index contributed by atoms with van der Waals surface area (Å²) in [6.07, 6.45) is 1.42. The summed E-state index contributed by atoms with van der Waals surface area (Å²) in [7, 11) is 1.55.